The molecule has 1 heteroatoms. The Morgan fingerprint density at radius 3 is 1.64 bits per heavy atom. The zero-order valence-electron chi connectivity index (χ0n) is 10.6. The van der Waals surface area contributed by atoms with Gasteiger partial charge in [0.15, 0.2) is 0 Å². The fourth-order valence-corrected chi connectivity index (χ4v) is 3.13. The van der Waals surface area contributed by atoms with Gasteiger partial charge in [-0.2, -0.15) is 0 Å². The second kappa shape index (κ2) is 3.52. The van der Waals surface area contributed by atoms with Crippen molar-refractivity contribution in [1.82, 2.24) is 0 Å². The highest BCUT2D eigenvalue weighted by atomic mass is 16.3. The smallest absolute Gasteiger partial charge is 0.0576 e. The van der Waals surface area contributed by atoms with Crippen LogP contribution in [-0.4, -0.2) is 11.2 Å². The molecule has 3 unspecified atom stereocenters. The molecule has 0 heterocycles. The van der Waals surface area contributed by atoms with Gasteiger partial charge < -0.3 is 5.11 Å². The third-order valence-corrected chi connectivity index (χ3v) is 3.73. The molecule has 0 spiro atoms. The summed E-state index contributed by atoms with van der Waals surface area (Å²) in [6, 6.07) is 0. The number of hydrogen-bond donors (Lipinski definition) is 1. The summed E-state index contributed by atoms with van der Waals surface area (Å²) < 4.78 is 0. The van der Waals surface area contributed by atoms with E-state index in [4.69, 9.17) is 0 Å². The molecule has 1 rings (SSSR count). The first-order valence-corrected chi connectivity index (χ1v) is 5.82. The van der Waals surface area contributed by atoms with Crippen LogP contribution < -0.4 is 0 Å². The van der Waals surface area contributed by atoms with Crippen molar-refractivity contribution in [3.05, 3.63) is 0 Å². The first kappa shape index (κ1) is 12.0. The van der Waals surface area contributed by atoms with Crippen molar-refractivity contribution in [2.45, 2.75) is 60.5 Å². The van der Waals surface area contributed by atoms with E-state index in [0.29, 0.717) is 17.3 Å². The minimum atomic E-state index is -0.0841. The van der Waals surface area contributed by atoms with Gasteiger partial charge in [-0.25, -0.2) is 0 Å². The Bertz CT molecular complexity index is 194. The van der Waals surface area contributed by atoms with Gasteiger partial charge in [0.25, 0.3) is 0 Å². The molecule has 1 fully saturated rings. The molecule has 1 saturated carbocycles. The lowest BCUT2D eigenvalue weighted by molar-refractivity contribution is 0.0139. The van der Waals surface area contributed by atoms with Gasteiger partial charge in [0, 0.05) is 0 Å². The fraction of sp³-hybridized carbons (Fsp3) is 1.00. The molecule has 0 aromatic carbocycles. The maximum absolute atomic E-state index is 10.1. The summed E-state index contributed by atoms with van der Waals surface area (Å²) in [6.45, 7) is 13.7. The molecule has 84 valence electrons. The van der Waals surface area contributed by atoms with Crippen LogP contribution >= 0.6 is 0 Å². The zero-order chi connectivity index (χ0) is 11.1. The summed E-state index contributed by atoms with van der Waals surface area (Å²) in [7, 11) is 0. The Kier molecular flexibility index (Phi) is 3.02. The third-order valence-electron chi connectivity index (χ3n) is 3.73. The maximum atomic E-state index is 10.1. The van der Waals surface area contributed by atoms with Crippen LogP contribution in [-0.2, 0) is 0 Å². The molecule has 1 nitrogen and oxygen atoms in total. The predicted molar refractivity (Wildman–Crippen MR) is 61.1 cm³/mol. The molecular weight excluding hydrogens is 172 g/mol. The largest absolute Gasteiger partial charge is 0.393 e. The van der Waals surface area contributed by atoms with Crippen molar-refractivity contribution in [3.8, 4) is 0 Å². The molecule has 14 heavy (non-hydrogen) atoms. The Balaban J connectivity index is 2.88. The van der Waals surface area contributed by atoms with Gasteiger partial charge in [-0.05, 0) is 35.5 Å². The summed E-state index contributed by atoms with van der Waals surface area (Å²) in [6.07, 6.45) is 2.09. The van der Waals surface area contributed by atoms with E-state index >= 15 is 0 Å². The Morgan fingerprint density at radius 2 is 1.36 bits per heavy atom. The number of aliphatic hydroxyl groups is 1. The first-order chi connectivity index (χ1) is 6.14. The number of hydrogen-bond acceptors (Lipinski definition) is 1. The van der Waals surface area contributed by atoms with Crippen molar-refractivity contribution in [3.63, 3.8) is 0 Å². The van der Waals surface area contributed by atoms with Gasteiger partial charge in [-0.15, -0.1) is 0 Å². The minimum Gasteiger partial charge on any atom is -0.393 e. The predicted octanol–water partition coefficient (Wildman–Crippen LogP) is 3.47. The van der Waals surface area contributed by atoms with E-state index in [9.17, 15) is 5.11 Å². The van der Waals surface area contributed by atoms with Crippen molar-refractivity contribution < 1.29 is 5.11 Å². The van der Waals surface area contributed by atoms with Gasteiger partial charge in [-0.1, -0.05) is 41.5 Å². The molecular formula is C13H26O. The number of aliphatic hydroxyl groups excluding tert-OH is 1. The van der Waals surface area contributed by atoms with Crippen LogP contribution in [0.15, 0.2) is 0 Å². The number of rotatable bonds is 0. The van der Waals surface area contributed by atoms with Crippen molar-refractivity contribution in [2.75, 3.05) is 0 Å². The molecule has 1 aliphatic rings. The molecule has 0 radical (unpaired) electrons. The summed E-state index contributed by atoms with van der Waals surface area (Å²) >= 11 is 0. The average molecular weight is 198 g/mol. The highest BCUT2D eigenvalue weighted by Gasteiger charge is 2.46. The van der Waals surface area contributed by atoms with Gasteiger partial charge in [-0.3, -0.25) is 0 Å². The van der Waals surface area contributed by atoms with E-state index < -0.39 is 0 Å². The lowest BCUT2D eigenvalue weighted by Gasteiger charge is -2.40. The zero-order valence-corrected chi connectivity index (χ0v) is 10.6. The van der Waals surface area contributed by atoms with Crippen LogP contribution in [0.4, 0.5) is 0 Å². The van der Waals surface area contributed by atoms with E-state index in [1.54, 1.807) is 0 Å². The molecule has 1 N–H and O–H groups in total. The second-order valence-corrected chi connectivity index (χ2v) is 7.01. The highest BCUT2D eigenvalue weighted by molar-refractivity contribution is 4.95. The molecule has 0 amide bonds. The topological polar surface area (TPSA) is 20.2 Å². The summed E-state index contributed by atoms with van der Waals surface area (Å²) in [5, 5.41) is 10.1. The van der Waals surface area contributed by atoms with Crippen molar-refractivity contribution in [2.24, 2.45) is 22.7 Å². The van der Waals surface area contributed by atoms with Crippen molar-refractivity contribution >= 4 is 0 Å². The molecule has 0 aromatic rings. The quantitative estimate of drug-likeness (QED) is 0.632. The third kappa shape index (κ3) is 2.31. The highest BCUT2D eigenvalue weighted by Crippen LogP contribution is 2.50. The van der Waals surface area contributed by atoms with Crippen LogP contribution in [0.3, 0.4) is 0 Å². The van der Waals surface area contributed by atoms with E-state index in [-0.39, 0.29) is 11.5 Å². The van der Waals surface area contributed by atoms with Crippen LogP contribution in [0.5, 0.6) is 0 Å². The average Bonchev–Trinajstić information content (AvgIpc) is 2.27. The molecule has 3 atom stereocenters. The van der Waals surface area contributed by atoms with Gasteiger partial charge in [0.05, 0.1) is 6.10 Å². The standard InChI is InChI=1S/C13H26O/c1-12(2,3)9-7-8-10(14)11(9)13(4,5)6/h9-11,14H,7-8H2,1-6H3. The Hall–Kier alpha value is -0.0400. The van der Waals surface area contributed by atoms with Crippen LogP contribution in [0.25, 0.3) is 0 Å². The lowest BCUT2D eigenvalue weighted by Crippen LogP contribution is -2.37. The monoisotopic (exact) mass is 198 g/mol. The van der Waals surface area contributed by atoms with Crippen molar-refractivity contribution in [1.29, 1.82) is 0 Å². The lowest BCUT2D eigenvalue weighted by atomic mass is 9.65. The van der Waals surface area contributed by atoms with Crippen LogP contribution in [0, 0.1) is 22.7 Å². The fourth-order valence-electron chi connectivity index (χ4n) is 3.13. The van der Waals surface area contributed by atoms with E-state index in [1.807, 2.05) is 0 Å². The van der Waals surface area contributed by atoms with Crippen LogP contribution in [0.1, 0.15) is 54.4 Å². The second-order valence-electron chi connectivity index (χ2n) is 7.01. The minimum absolute atomic E-state index is 0.0841. The van der Waals surface area contributed by atoms with Gasteiger partial charge in [0.2, 0.25) is 0 Å². The molecule has 0 aliphatic heterocycles. The summed E-state index contributed by atoms with van der Waals surface area (Å²) in [5.41, 5.74) is 0.559. The normalized spacial score (nSPS) is 34.9. The molecule has 0 saturated heterocycles. The summed E-state index contributed by atoms with van der Waals surface area (Å²) in [5.74, 6) is 1.12. The van der Waals surface area contributed by atoms with E-state index in [0.717, 1.165) is 6.42 Å². The van der Waals surface area contributed by atoms with E-state index in [1.165, 1.54) is 6.42 Å². The van der Waals surface area contributed by atoms with Gasteiger partial charge >= 0.3 is 0 Å². The maximum Gasteiger partial charge on any atom is 0.0576 e. The van der Waals surface area contributed by atoms with E-state index in [2.05, 4.69) is 41.5 Å². The first-order valence-electron chi connectivity index (χ1n) is 5.82. The summed E-state index contributed by atoms with van der Waals surface area (Å²) in [4.78, 5) is 0. The SMILES string of the molecule is CC(C)(C)C1CCC(O)C1C(C)(C)C. The molecule has 1 aliphatic carbocycles. The van der Waals surface area contributed by atoms with Crippen LogP contribution in [0.2, 0.25) is 0 Å². The Labute approximate surface area is 88.9 Å². The molecule has 0 aromatic heterocycles. The Morgan fingerprint density at radius 1 is 0.857 bits per heavy atom. The molecule has 0 bridgehead atoms. The van der Waals surface area contributed by atoms with Gasteiger partial charge in [0.1, 0.15) is 0 Å².